The molecule has 0 bridgehead atoms. The molecule has 6 nitrogen and oxygen atoms in total. The maximum atomic E-state index is 12.5. The molecule has 1 fully saturated rings. The van der Waals surface area contributed by atoms with E-state index in [4.69, 9.17) is 14.2 Å². The smallest absolute Gasteiger partial charge is 0.313 e. The van der Waals surface area contributed by atoms with Gasteiger partial charge in [0.15, 0.2) is 17.6 Å². The molecular weight excluding hydrogens is 422 g/mol. The number of para-hydroxylation sites is 2. The Morgan fingerprint density at radius 1 is 1.17 bits per heavy atom. The second-order valence-electron chi connectivity index (χ2n) is 6.93. The van der Waals surface area contributed by atoms with E-state index in [1.807, 2.05) is 59.9 Å². The number of hydrogen-bond donors (Lipinski definition) is 0. The number of methoxy groups -OCH3 is 1. The Bertz CT molecular complexity index is 945. The highest BCUT2D eigenvalue weighted by molar-refractivity contribution is 8.19. The van der Waals surface area contributed by atoms with Gasteiger partial charge in [-0.1, -0.05) is 18.2 Å². The second kappa shape index (κ2) is 9.22. The molecule has 0 saturated carbocycles. The molecule has 2 aromatic rings. The summed E-state index contributed by atoms with van der Waals surface area (Å²) in [6, 6.07) is 13.0. The molecular formula is C22H23NO5S2. The fourth-order valence-corrected chi connectivity index (χ4v) is 6.27. The van der Waals surface area contributed by atoms with Gasteiger partial charge in [-0.05, 0) is 36.8 Å². The minimum absolute atomic E-state index is 0.0615. The maximum Gasteiger partial charge on any atom is 0.313 e. The lowest BCUT2D eigenvalue weighted by Crippen LogP contribution is -2.45. The third-order valence-corrected chi connectivity index (χ3v) is 8.02. The molecule has 2 aliphatic heterocycles. The quantitative estimate of drug-likeness (QED) is 0.486. The Morgan fingerprint density at radius 2 is 1.93 bits per heavy atom. The average Bonchev–Trinajstić information content (AvgIpc) is 3.29. The fraction of sp³-hybridized carbons (Fsp3) is 0.364. The first-order chi connectivity index (χ1) is 14.6. The highest BCUT2D eigenvalue weighted by Gasteiger charge is 2.31. The first kappa shape index (κ1) is 20.9. The molecule has 4 rings (SSSR count). The van der Waals surface area contributed by atoms with Crippen LogP contribution >= 0.6 is 23.5 Å². The number of ether oxygens (including phenoxy) is 3. The molecule has 0 radical (unpaired) electrons. The van der Waals surface area contributed by atoms with Gasteiger partial charge in [0.05, 0.1) is 23.8 Å². The fourth-order valence-electron chi connectivity index (χ4n) is 3.43. The molecule has 1 atom stereocenters. The van der Waals surface area contributed by atoms with Crippen LogP contribution in [0.15, 0.2) is 42.5 Å². The molecule has 0 spiro atoms. The largest absolute Gasteiger partial charge is 0.493 e. The third-order valence-electron chi connectivity index (χ3n) is 4.92. The van der Waals surface area contributed by atoms with Gasteiger partial charge < -0.3 is 19.1 Å². The van der Waals surface area contributed by atoms with Crippen molar-refractivity contribution in [2.24, 2.45) is 0 Å². The number of benzene rings is 2. The van der Waals surface area contributed by atoms with Crippen molar-refractivity contribution in [2.75, 3.05) is 30.1 Å². The van der Waals surface area contributed by atoms with Crippen LogP contribution in [0.1, 0.15) is 23.5 Å². The second-order valence-corrected chi connectivity index (χ2v) is 9.65. The van der Waals surface area contributed by atoms with Crippen molar-refractivity contribution in [3.63, 3.8) is 0 Å². The SMILES string of the molecule is COc1cc(C2SCCS2)ccc1OC(=O)CCN1C(=O)C(C)Oc2ccccc21. The van der Waals surface area contributed by atoms with Crippen LogP contribution in [-0.2, 0) is 9.59 Å². The van der Waals surface area contributed by atoms with E-state index in [1.165, 1.54) is 0 Å². The van der Waals surface area contributed by atoms with Gasteiger partial charge in [-0.25, -0.2) is 0 Å². The van der Waals surface area contributed by atoms with Gasteiger partial charge in [0.1, 0.15) is 5.75 Å². The number of hydrogen-bond acceptors (Lipinski definition) is 7. The first-order valence-corrected chi connectivity index (χ1v) is 11.9. The van der Waals surface area contributed by atoms with Crippen LogP contribution in [0.3, 0.4) is 0 Å². The lowest BCUT2D eigenvalue weighted by molar-refractivity contribution is -0.134. The molecule has 1 amide bonds. The monoisotopic (exact) mass is 445 g/mol. The Morgan fingerprint density at radius 3 is 2.70 bits per heavy atom. The van der Waals surface area contributed by atoms with Crippen molar-refractivity contribution in [2.45, 2.75) is 24.0 Å². The topological polar surface area (TPSA) is 65.1 Å². The number of rotatable bonds is 6. The molecule has 0 N–H and O–H groups in total. The van der Waals surface area contributed by atoms with Crippen molar-refractivity contribution in [3.8, 4) is 17.2 Å². The van der Waals surface area contributed by atoms with Crippen LogP contribution in [-0.4, -0.2) is 43.1 Å². The normalized spacial score (nSPS) is 18.7. The first-order valence-electron chi connectivity index (χ1n) is 9.75. The van der Waals surface area contributed by atoms with E-state index in [1.54, 1.807) is 25.0 Å². The number of anilines is 1. The lowest BCUT2D eigenvalue weighted by atomic mass is 10.2. The van der Waals surface area contributed by atoms with E-state index in [2.05, 4.69) is 0 Å². The van der Waals surface area contributed by atoms with E-state index in [0.29, 0.717) is 27.5 Å². The molecule has 30 heavy (non-hydrogen) atoms. The van der Waals surface area contributed by atoms with Crippen LogP contribution < -0.4 is 19.1 Å². The standard InChI is InChI=1S/C22H23NO5S2/c1-14-21(25)23(16-5-3-4-6-17(16)27-14)10-9-20(24)28-18-8-7-15(13-19(18)26-2)22-29-11-12-30-22/h3-8,13-14,22H,9-12H2,1-2H3. The van der Waals surface area contributed by atoms with Gasteiger partial charge in [-0.3, -0.25) is 9.59 Å². The highest BCUT2D eigenvalue weighted by Crippen LogP contribution is 2.47. The van der Waals surface area contributed by atoms with Gasteiger partial charge >= 0.3 is 5.97 Å². The molecule has 2 aromatic carbocycles. The summed E-state index contributed by atoms with van der Waals surface area (Å²) in [5.41, 5.74) is 1.82. The summed E-state index contributed by atoms with van der Waals surface area (Å²) in [5.74, 6) is 3.24. The summed E-state index contributed by atoms with van der Waals surface area (Å²) in [6.07, 6.45) is -0.527. The zero-order chi connectivity index (χ0) is 21.1. The van der Waals surface area contributed by atoms with Gasteiger partial charge in [0.25, 0.3) is 5.91 Å². The number of carbonyl (C=O) groups is 2. The van der Waals surface area contributed by atoms with E-state index in [0.717, 1.165) is 17.1 Å². The molecule has 158 valence electrons. The summed E-state index contributed by atoms with van der Waals surface area (Å²) >= 11 is 3.81. The summed E-state index contributed by atoms with van der Waals surface area (Å²) in [6.45, 7) is 1.93. The van der Waals surface area contributed by atoms with Crippen LogP contribution in [0.2, 0.25) is 0 Å². The number of nitrogens with zero attached hydrogens (tertiary/aromatic N) is 1. The average molecular weight is 446 g/mol. The number of esters is 1. The van der Waals surface area contributed by atoms with Crippen LogP contribution in [0, 0.1) is 0 Å². The van der Waals surface area contributed by atoms with Gasteiger partial charge in [0, 0.05) is 18.1 Å². The predicted octanol–water partition coefficient (Wildman–Crippen LogP) is 4.28. The molecule has 1 unspecified atom stereocenters. The van der Waals surface area contributed by atoms with E-state index in [9.17, 15) is 9.59 Å². The van der Waals surface area contributed by atoms with Gasteiger partial charge in [-0.2, -0.15) is 0 Å². The molecule has 2 aliphatic rings. The highest BCUT2D eigenvalue weighted by atomic mass is 32.2. The minimum Gasteiger partial charge on any atom is -0.493 e. The Kier molecular flexibility index (Phi) is 6.43. The summed E-state index contributed by atoms with van der Waals surface area (Å²) in [4.78, 5) is 26.6. The zero-order valence-corrected chi connectivity index (χ0v) is 18.5. The van der Waals surface area contributed by atoms with E-state index in [-0.39, 0.29) is 18.9 Å². The Hall–Kier alpha value is -2.32. The van der Waals surface area contributed by atoms with Gasteiger partial charge in [-0.15, -0.1) is 23.5 Å². The van der Waals surface area contributed by atoms with Crippen molar-refractivity contribution >= 4 is 41.1 Å². The molecule has 0 aromatic heterocycles. The Balaban J connectivity index is 1.42. The molecule has 8 heteroatoms. The van der Waals surface area contributed by atoms with Crippen molar-refractivity contribution in [1.29, 1.82) is 0 Å². The zero-order valence-electron chi connectivity index (χ0n) is 16.8. The van der Waals surface area contributed by atoms with E-state index < -0.39 is 12.1 Å². The van der Waals surface area contributed by atoms with Crippen LogP contribution in [0.25, 0.3) is 0 Å². The molecule has 0 aliphatic carbocycles. The summed E-state index contributed by atoms with van der Waals surface area (Å²) in [5, 5.41) is 0. The van der Waals surface area contributed by atoms with Crippen LogP contribution in [0.4, 0.5) is 5.69 Å². The molecule has 1 saturated heterocycles. The predicted molar refractivity (Wildman–Crippen MR) is 120 cm³/mol. The molecule has 2 heterocycles. The number of amides is 1. The number of thioether (sulfide) groups is 2. The van der Waals surface area contributed by atoms with Gasteiger partial charge in [0.2, 0.25) is 0 Å². The summed E-state index contributed by atoms with van der Waals surface area (Å²) < 4.78 is 17.0. The number of fused-ring (bicyclic) bond motifs is 1. The Labute approximate surface area is 184 Å². The van der Waals surface area contributed by atoms with Crippen LogP contribution in [0.5, 0.6) is 17.2 Å². The number of carbonyl (C=O) groups excluding carboxylic acids is 2. The van der Waals surface area contributed by atoms with Crippen molar-refractivity contribution in [1.82, 2.24) is 0 Å². The van der Waals surface area contributed by atoms with Crippen molar-refractivity contribution < 1.29 is 23.8 Å². The summed E-state index contributed by atoms with van der Waals surface area (Å²) in [7, 11) is 1.57. The maximum absolute atomic E-state index is 12.5. The third kappa shape index (κ3) is 4.39. The van der Waals surface area contributed by atoms with Crippen molar-refractivity contribution in [3.05, 3.63) is 48.0 Å². The van der Waals surface area contributed by atoms with E-state index >= 15 is 0 Å². The minimum atomic E-state index is -0.588. The lowest BCUT2D eigenvalue weighted by Gasteiger charge is -2.32.